The van der Waals surface area contributed by atoms with Gasteiger partial charge in [-0.25, -0.2) is 0 Å². The van der Waals surface area contributed by atoms with Gasteiger partial charge in [-0.2, -0.15) is 0 Å². The van der Waals surface area contributed by atoms with Crippen LogP contribution in [0.25, 0.3) is 0 Å². The quantitative estimate of drug-likeness (QED) is 0.452. The van der Waals surface area contributed by atoms with Gasteiger partial charge in [0.05, 0.1) is 0 Å². The maximum Gasteiger partial charge on any atom is 2.00 e. The summed E-state index contributed by atoms with van der Waals surface area (Å²) in [5.74, 6) is 0. The second kappa shape index (κ2) is 843. The van der Waals surface area contributed by atoms with E-state index in [9.17, 15) is 0 Å². The normalized spacial score (nSPS) is 0. The van der Waals surface area contributed by atoms with E-state index in [1.807, 2.05) is 0 Å². The molecule has 0 fully saturated rings. The average molecular weight is 195 g/mol. The second-order valence-corrected chi connectivity index (χ2v) is 0. The molecule has 0 aromatic carbocycles. The Kier molecular flexibility index (Phi) is 96700. The Morgan fingerprint density at radius 1 is 0.600 bits per heavy atom. The number of hydrogen-bond acceptors (Lipinski definition) is 0. The Hall–Kier alpha value is 0.976. The third-order valence-corrected chi connectivity index (χ3v) is 0. The molecule has 0 saturated heterocycles. The summed E-state index contributed by atoms with van der Waals surface area (Å²) < 4.78 is 0. The summed E-state index contributed by atoms with van der Waals surface area (Å²) in [5, 5.41) is 0. The van der Waals surface area contributed by atoms with Crippen molar-refractivity contribution < 1.29 is 26.2 Å². The zero-order valence-electron chi connectivity index (χ0n) is 3.09. The Morgan fingerprint density at radius 3 is 0.600 bits per heavy atom. The van der Waals surface area contributed by atoms with E-state index in [0.29, 0.717) is 0 Å². The van der Waals surface area contributed by atoms with Gasteiger partial charge in [-0.15, -0.1) is 0 Å². The van der Waals surface area contributed by atoms with Crippen molar-refractivity contribution in [2.75, 3.05) is 0 Å². The van der Waals surface area contributed by atoms with Crippen molar-refractivity contribution in [3.05, 3.63) is 0 Å². The third-order valence-electron chi connectivity index (χ3n) is 0. The van der Waals surface area contributed by atoms with Gasteiger partial charge in [-0.05, 0) is 0 Å². The summed E-state index contributed by atoms with van der Waals surface area (Å²) >= 11 is 0. The van der Waals surface area contributed by atoms with E-state index < -0.39 is 0 Å². The molecule has 0 unspecified atom stereocenters. The van der Waals surface area contributed by atoms with Crippen LogP contribution < -0.4 is 12.4 Å². The van der Waals surface area contributed by atoms with Crippen LogP contribution in [0.3, 0.4) is 0 Å². The van der Waals surface area contributed by atoms with E-state index >= 15 is 0 Å². The molecule has 0 aliphatic heterocycles. The second-order valence-electron chi connectivity index (χ2n) is 0. The Balaban J connectivity index is 0. The van der Waals surface area contributed by atoms with Crippen molar-refractivity contribution in [3.63, 3.8) is 0 Å². The Morgan fingerprint density at radius 2 is 0.600 bits per heavy atom. The number of halogens is 1. The fraction of sp³-hybridized carbons (Fsp3) is 1.00. The first-order valence-corrected chi connectivity index (χ1v) is 0. The van der Waals surface area contributed by atoms with Gasteiger partial charge in [0.2, 0.25) is 0 Å². The van der Waals surface area contributed by atoms with Gasteiger partial charge < -0.3 is 24.8 Å². The molecular formula is C6H31ClMgO2. The van der Waals surface area contributed by atoms with Gasteiger partial charge in [0.15, 0.2) is 0 Å². The van der Waals surface area contributed by atoms with E-state index in [4.69, 9.17) is 0 Å². The predicted molar refractivity (Wildman–Crippen MR) is 56.6 cm³/mol. The molecule has 0 aliphatic carbocycles. The summed E-state index contributed by atoms with van der Waals surface area (Å²) in [6.45, 7) is 0. The van der Waals surface area contributed by atoms with Crippen molar-refractivity contribution >= 4 is 23.1 Å². The maximum atomic E-state index is 0. The molecule has 0 aromatic rings. The first-order valence-electron chi connectivity index (χ1n) is 0. The molecule has 0 saturated carbocycles. The molecule has 4 N–H and O–H groups in total. The van der Waals surface area contributed by atoms with Crippen LogP contribution >= 0.6 is 0 Å². The molecule has 0 amide bonds. The van der Waals surface area contributed by atoms with Gasteiger partial charge in [-0.3, -0.25) is 0 Å². The molecule has 0 aliphatic rings. The molecule has 0 rings (SSSR count). The van der Waals surface area contributed by atoms with Gasteiger partial charge in [0, 0.05) is 1.43 Å². The zero-order valence-corrected chi connectivity index (χ0v) is 4.26. The van der Waals surface area contributed by atoms with Crippen LogP contribution in [0, 0.1) is 0 Å². The van der Waals surface area contributed by atoms with Crippen LogP contribution in [0.5, 0.6) is 0 Å². The van der Waals surface area contributed by atoms with Crippen molar-refractivity contribution in [3.8, 4) is 0 Å². The van der Waals surface area contributed by atoms with Crippen LogP contribution in [0.2, 0.25) is 0 Å². The minimum Gasteiger partial charge on any atom is -1.00 e. The van der Waals surface area contributed by atoms with E-state index in [1.54, 1.807) is 0 Å². The minimum atomic E-state index is 0. The molecule has 0 radical (unpaired) electrons. The molecular weight excluding hydrogens is 164 g/mol. The van der Waals surface area contributed by atoms with E-state index in [0.717, 1.165) is 0 Å². The smallest absolute Gasteiger partial charge is 1.00 e. The van der Waals surface area contributed by atoms with E-state index in [2.05, 4.69) is 0 Å². The molecule has 0 aromatic heterocycles. The van der Waals surface area contributed by atoms with Crippen LogP contribution in [0.4, 0.5) is 0 Å². The van der Waals surface area contributed by atoms with Crippen LogP contribution in [-0.2, 0) is 0 Å². The van der Waals surface area contributed by atoms with E-state index in [1.165, 1.54) is 0 Å². The third kappa shape index (κ3) is 599. The molecule has 2 nitrogen and oxygen atoms in total. The van der Waals surface area contributed by atoms with Crippen molar-refractivity contribution in [1.82, 2.24) is 0 Å². The molecule has 0 heterocycles. The fourth-order valence-electron chi connectivity index (χ4n) is 0. The SMILES string of the molecule is C.C.C.C.C.C.O.O.[Cl-].[H-].[HH].[Mg+2]. The largest absolute Gasteiger partial charge is 2.00 e. The van der Waals surface area contributed by atoms with Gasteiger partial charge in [0.25, 0.3) is 0 Å². The summed E-state index contributed by atoms with van der Waals surface area (Å²) in [6, 6.07) is 0. The monoisotopic (exact) mass is 194 g/mol. The zero-order chi connectivity index (χ0) is 0. The standard InChI is InChI=1S/6CH4.ClH.Mg.2H2O.H2.H/h6*1H4;1H;;2*1H2;1H;/q;;;;;;;+2;;;;-1/p-1. The van der Waals surface area contributed by atoms with E-state index in [-0.39, 0.29) is 93.8 Å². The van der Waals surface area contributed by atoms with Crippen molar-refractivity contribution in [1.29, 1.82) is 0 Å². The summed E-state index contributed by atoms with van der Waals surface area (Å²) in [7, 11) is 0. The van der Waals surface area contributed by atoms with Gasteiger partial charge in [0.1, 0.15) is 0 Å². The molecule has 0 spiro atoms. The van der Waals surface area contributed by atoms with Crippen LogP contribution in [0.1, 0.15) is 47.4 Å². The van der Waals surface area contributed by atoms with Gasteiger partial charge >= 0.3 is 23.1 Å². The van der Waals surface area contributed by atoms with Crippen molar-refractivity contribution in [2.24, 2.45) is 0 Å². The fourth-order valence-corrected chi connectivity index (χ4v) is 0. The average Bonchev–Trinajstić information content (AvgIpc) is 0. The predicted octanol–water partition coefficient (Wildman–Crippen LogP) is -0.851. The first kappa shape index (κ1) is 1150. The minimum absolute atomic E-state index is 0. The number of rotatable bonds is 0. The van der Waals surface area contributed by atoms with Crippen molar-refractivity contribution in [2.45, 2.75) is 44.6 Å². The molecule has 10 heavy (non-hydrogen) atoms. The molecule has 0 atom stereocenters. The topological polar surface area (TPSA) is 63.0 Å². The first-order chi connectivity index (χ1) is 0. The maximum absolute atomic E-state index is 0. The summed E-state index contributed by atoms with van der Waals surface area (Å²) in [5.41, 5.74) is 0. The summed E-state index contributed by atoms with van der Waals surface area (Å²) in [4.78, 5) is 0. The summed E-state index contributed by atoms with van der Waals surface area (Å²) in [6.07, 6.45) is 0. The van der Waals surface area contributed by atoms with Crippen LogP contribution in [-0.4, -0.2) is 34.0 Å². The number of hydrogen-bond donors (Lipinski definition) is 0. The molecule has 0 bridgehead atoms. The molecule has 4 heteroatoms. The molecule has 76 valence electrons. The Bertz CT molecular complexity index is 23.5. The van der Waals surface area contributed by atoms with Gasteiger partial charge in [-0.1, -0.05) is 44.6 Å². The Labute approximate surface area is 93.9 Å². The van der Waals surface area contributed by atoms with Crippen LogP contribution in [0.15, 0.2) is 0 Å².